The van der Waals surface area contributed by atoms with E-state index in [0.717, 1.165) is 37.2 Å². The summed E-state index contributed by atoms with van der Waals surface area (Å²) >= 11 is 0. The van der Waals surface area contributed by atoms with Crippen molar-refractivity contribution >= 4 is 11.9 Å². The topological polar surface area (TPSA) is 61.8 Å². The molecule has 0 aromatic heterocycles. The van der Waals surface area contributed by atoms with Crippen LogP contribution in [0.5, 0.6) is 5.75 Å². The Morgan fingerprint density at radius 3 is 1.94 bits per heavy atom. The van der Waals surface area contributed by atoms with Gasteiger partial charge in [-0.3, -0.25) is 0 Å². The third-order valence-electron chi connectivity index (χ3n) is 6.44. The summed E-state index contributed by atoms with van der Waals surface area (Å²) < 4.78 is 16.1. The highest BCUT2D eigenvalue weighted by Crippen LogP contribution is 2.31. The number of esters is 2. The van der Waals surface area contributed by atoms with Crippen LogP contribution in [-0.2, 0) is 15.9 Å². The van der Waals surface area contributed by atoms with Gasteiger partial charge in [-0.2, -0.15) is 0 Å². The van der Waals surface area contributed by atoms with E-state index in [9.17, 15) is 9.59 Å². The number of benzene rings is 3. The summed E-state index contributed by atoms with van der Waals surface area (Å²) in [6, 6.07) is 22.3. The van der Waals surface area contributed by atoms with Crippen molar-refractivity contribution in [2.45, 2.75) is 33.6 Å². The van der Waals surface area contributed by atoms with Crippen LogP contribution >= 0.6 is 0 Å². The van der Waals surface area contributed by atoms with Crippen molar-refractivity contribution in [3.05, 3.63) is 89.5 Å². The Morgan fingerprint density at radius 2 is 1.40 bits per heavy atom. The van der Waals surface area contributed by atoms with Crippen LogP contribution in [0.2, 0.25) is 0 Å². The maximum atomic E-state index is 12.6. The molecule has 182 valence electrons. The minimum atomic E-state index is -0.449. The molecule has 0 spiro atoms. The Balaban J connectivity index is 1.33. The molecule has 0 radical (unpaired) electrons. The highest BCUT2D eigenvalue weighted by atomic mass is 16.5. The lowest BCUT2D eigenvalue weighted by Gasteiger charge is -2.38. The summed E-state index contributed by atoms with van der Waals surface area (Å²) in [6.45, 7) is 8.37. The van der Waals surface area contributed by atoms with Crippen molar-refractivity contribution in [2.75, 3.05) is 19.8 Å². The number of hydrogen-bond donors (Lipinski definition) is 0. The molecule has 4 rings (SSSR count). The molecule has 3 aromatic carbocycles. The van der Waals surface area contributed by atoms with Crippen LogP contribution in [0.3, 0.4) is 0 Å². The largest absolute Gasteiger partial charge is 0.462 e. The first-order chi connectivity index (χ1) is 16.8. The van der Waals surface area contributed by atoms with Gasteiger partial charge in [0.2, 0.25) is 0 Å². The van der Waals surface area contributed by atoms with Gasteiger partial charge in [-0.1, -0.05) is 63.6 Å². The molecule has 5 nitrogen and oxygen atoms in total. The molecular weight excluding hydrogens is 440 g/mol. The Morgan fingerprint density at radius 1 is 0.857 bits per heavy atom. The summed E-state index contributed by atoms with van der Waals surface area (Å²) in [7, 11) is 0. The molecule has 1 aliphatic rings. The molecular formula is C30H32O5. The predicted octanol–water partition coefficient (Wildman–Crippen LogP) is 6.35. The van der Waals surface area contributed by atoms with Gasteiger partial charge in [0.25, 0.3) is 0 Å². The second kappa shape index (κ2) is 10.9. The Kier molecular flexibility index (Phi) is 7.67. The summed E-state index contributed by atoms with van der Waals surface area (Å²) in [5.74, 6) is -0.132. The number of ether oxygens (including phenoxy) is 3. The van der Waals surface area contributed by atoms with Crippen molar-refractivity contribution in [3.8, 4) is 16.9 Å². The van der Waals surface area contributed by atoms with E-state index in [4.69, 9.17) is 14.2 Å². The summed E-state index contributed by atoms with van der Waals surface area (Å²) in [6.07, 6.45) is 1.96. The second-order valence-corrected chi connectivity index (χ2v) is 9.78. The highest BCUT2D eigenvalue weighted by molar-refractivity contribution is 5.92. The van der Waals surface area contributed by atoms with Crippen molar-refractivity contribution in [2.24, 2.45) is 11.3 Å². The van der Waals surface area contributed by atoms with Gasteiger partial charge in [-0.15, -0.1) is 0 Å². The van der Waals surface area contributed by atoms with Crippen molar-refractivity contribution in [1.82, 2.24) is 0 Å². The Hall–Kier alpha value is -3.44. The van der Waals surface area contributed by atoms with Gasteiger partial charge >= 0.3 is 11.9 Å². The second-order valence-electron chi connectivity index (χ2n) is 9.78. The van der Waals surface area contributed by atoms with E-state index < -0.39 is 5.97 Å². The number of carbonyl (C=O) groups is 2. The van der Waals surface area contributed by atoms with E-state index in [1.165, 1.54) is 5.56 Å². The third kappa shape index (κ3) is 6.37. The maximum Gasteiger partial charge on any atom is 0.343 e. The first-order valence-corrected chi connectivity index (χ1v) is 12.1. The molecule has 0 bridgehead atoms. The number of rotatable bonds is 9. The minimum Gasteiger partial charge on any atom is -0.462 e. The van der Waals surface area contributed by atoms with Crippen LogP contribution in [0.4, 0.5) is 0 Å². The molecule has 3 aromatic rings. The molecule has 35 heavy (non-hydrogen) atoms. The summed E-state index contributed by atoms with van der Waals surface area (Å²) in [5.41, 5.74) is 4.57. The molecule has 1 unspecified atom stereocenters. The lowest BCUT2D eigenvalue weighted by atomic mass is 9.82. The molecule has 0 saturated carbocycles. The third-order valence-corrected chi connectivity index (χ3v) is 6.44. The maximum absolute atomic E-state index is 12.6. The van der Waals surface area contributed by atoms with Gasteiger partial charge in [0.15, 0.2) is 0 Å². The van der Waals surface area contributed by atoms with Crippen LogP contribution in [0, 0.1) is 11.3 Å². The molecule has 0 aliphatic carbocycles. The van der Waals surface area contributed by atoms with Gasteiger partial charge in [0.05, 0.1) is 30.9 Å². The summed E-state index contributed by atoms with van der Waals surface area (Å²) in [5, 5.41) is 0. The van der Waals surface area contributed by atoms with Crippen molar-refractivity contribution in [1.29, 1.82) is 0 Å². The highest BCUT2D eigenvalue weighted by Gasteiger charge is 2.33. The van der Waals surface area contributed by atoms with E-state index in [-0.39, 0.29) is 11.4 Å². The molecule has 0 N–H and O–H groups in total. The fourth-order valence-electron chi connectivity index (χ4n) is 3.90. The van der Waals surface area contributed by atoms with Crippen LogP contribution in [0.1, 0.15) is 53.5 Å². The zero-order valence-electron chi connectivity index (χ0n) is 20.6. The molecule has 1 saturated heterocycles. The monoisotopic (exact) mass is 472 g/mol. The number of hydrogen-bond acceptors (Lipinski definition) is 5. The fraction of sp³-hybridized carbons (Fsp3) is 0.333. The van der Waals surface area contributed by atoms with E-state index in [0.29, 0.717) is 29.4 Å². The van der Waals surface area contributed by atoms with Crippen molar-refractivity contribution in [3.63, 3.8) is 0 Å². The van der Waals surface area contributed by atoms with Gasteiger partial charge < -0.3 is 14.2 Å². The van der Waals surface area contributed by atoms with Gasteiger partial charge in [0, 0.05) is 5.41 Å². The molecule has 0 amide bonds. The SMILES string of the molecule is CCC(C)COC(=O)c1ccc(OC(=O)c2ccc(-c3ccc(CC4(C)COC4)cc3)cc2)cc1. The Labute approximate surface area is 207 Å². The minimum absolute atomic E-state index is 0.250. The van der Waals surface area contributed by atoms with Crippen LogP contribution < -0.4 is 4.74 Å². The standard InChI is InChI=1S/C30H32O5/c1-4-21(2)18-34-28(31)25-13-15-27(16-14-25)35-29(32)26-11-9-24(10-12-26)23-7-5-22(6-8-23)17-30(3)19-33-20-30/h5-16,21H,4,17-20H2,1-3H3. The van der Waals surface area contributed by atoms with Gasteiger partial charge in [-0.25, -0.2) is 9.59 Å². The molecule has 1 heterocycles. The van der Waals surface area contributed by atoms with Crippen molar-refractivity contribution < 1.29 is 23.8 Å². The van der Waals surface area contributed by atoms with E-state index in [2.05, 4.69) is 38.1 Å². The average Bonchev–Trinajstić information content (AvgIpc) is 2.87. The first kappa shape index (κ1) is 24.7. The van der Waals surface area contributed by atoms with E-state index >= 15 is 0 Å². The molecule has 1 aliphatic heterocycles. The quantitative estimate of drug-likeness (QED) is 0.268. The van der Waals surface area contributed by atoms with Gasteiger partial charge in [-0.05, 0) is 65.4 Å². The zero-order valence-corrected chi connectivity index (χ0v) is 20.6. The van der Waals surface area contributed by atoms with Crippen LogP contribution in [-0.4, -0.2) is 31.8 Å². The van der Waals surface area contributed by atoms with E-state index in [1.807, 2.05) is 19.1 Å². The molecule has 1 atom stereocenters. The van der Waals surface area contributed by atoms with Gasteiger partial charge in [0.1, 0.15) is 5.75 Å². The Bertz CT molecular complexity index is 1140. The first-order valence-electron chi connectivity index (χ1n) is 12.1. The molecule has 1 fully saturated rings. The van der Waals surface area contributed by atoms with Crippen LogP contribution in [0.15, 0.2) is 72.8 Å². The average molecular weight is 473 g/mol. The molecule has 5 heteroatoms. The fourth-order valence-corrected chi connectivity index (χ4v) is 3.90. The predicted molar refractivity (Wildman–Crippen MR) is 136 cm³/mol. The normalized spacial score (nSPS) is 15.1. The zero-order chi connectivity index (χ0) is 24.8. The number of carbonyl (C=O) groups excluding carboxylic acids is 2. The van der Waals surface area contributed by atoms with E-state index in [1.54, 1.807) is 36.4 Å². The lowest BCUT2D eigenvalue weighted by molar-refractivity contribution is -0.100. The smallest absolute Gasteiger partial charge is 0.343 e. The summed E-state index contributed by atoms with van der Waals surface area (Å²) in [4.78, 5) is 24.7. The lowest BCUT2D eigenvalue weighted by Crippen LogP contribution is -2.41. The van der Waals surface area contributed by atoms with Crippen LogP contribution in [0.25, 0.3) is 11.1 Å².